The van der Waals surface area contributed by atoms with Gasteiger partial charge in [0.2, 0.25) is 0 Å². The molecule has 1 aliphatic rings. The molecule has 1 N–H and O–H groups in total. The Balaban J connectivity index is 2.02. The number of hydrogen-bond donors (Lipinski definition) is 1. The zero-order valence-electron chi connectivity index (χ0n) is 11.4. The van der Waals surface area contributed by atoms with Gasteiger partial charge in [0.25, 0.3) is 0 Å². The minimum atomic E-state index is -0.212. The summed E-state index contributed by atoms with van der Waals surface area (Å²) in [5.41, 5.74) is 1.98. The molecule has 2 aromatic rings. The molecule has 1 heterocycles. The number of rotatable bonds is 4. The SMILES string of the molecule is Cc1nc(C(NC2CC2)c2cc(F)ccc2Br)sc1C. The van der Waals surface area contributed by atoms with Crippen LogP contribution in [0.3, 0.4) is 0 Å². The quantitative estimate of drug-likeness (QED) is 0.873. The smallest absolute Gasteiger partial charge is 0.123 e. The third kappa shape index (κ3) is 2.95. The second kappa shape index (κ2) is 5.54. The second-order valence-electron chi connectivity index (χ2n) is 5.23. The van der Waals surface area contributed by atoms with Crippen LogP contribution in [0.15, 0.2) is 22.7 Å². The molecule has 0 bridgehead atoms. The highest BCUT2D eigenvalue weighted by atomic mass is 79.9. The van der Waals surface area contributed by atoms with Crippen LogP contribution < -0.4 is 5.32 Å². The first kappa shape index (κ1) is 14.2. The van der Waals surface area contributed by atoms with E-state index < -0.39 is 0 Å². The van der Waals surface area contributed by atoms with Crippen molar-refractivity contribution in [3.63, 3.8) is 0 Å². The zero-order valence-corrected chi connectivity index (χ0v) is 13.8. The number of hydrogen-bond acceptors (Lipinski definition) is 3. The van der Waals surface area contributed by atoms with E-state index in [1.165, 1.54) is 23.8 Å². The Morgan fingerprint density at radius 3 is 2.75 bits per heavy atom. The van der Waals surface area contributed by atoms with Crippen molar-refractivity contribution in [2.45, 2.75) is 38.8 Å². The largest absolute Gasteiger partial charge is 0.301 e. The first-order valence-corrected chi connectivity index (χ1v) is 8.30. The molecule has 5 heteroatoms. The first-order valence-electron chi connectivity index (χ1n) is 6.69. The Bertz CT molecular complexity index is 617. The van der Waals surface area contributed by atoms with Crippen molar-refractivity contribution in [3.05, 3.63) is 49.6 Å². The fourth-order valence-electron chi connectivity index (χ4n) is 2.14. The monoisotopic (exact) mass is 354 g/mol. The summed E-state index contributed by atoms with van der Waals surface area (Å²) in [6.07, 6.45) is 2.37. The molecular formula is C15H16BrFN2S. The van der Waals surface area contributed by atoms with E-state index in [1.807, 2.05) is 6.92 Å². The van der Waals surface area contributed by atoms with Gasteiger partial charge in [0.1, 0.15) is 10.8 Å². The Kier molecular flexibility index (Phi) is 3.93. The van der Waals surface area contributed by atoms with E-state index in [0.717, 1.165) is 20.7 Å². The van der Waals surface area contributed by atoms with Crippen LogP contribution >= 0.6 is 27.3 Å². The normalized spacial score (nSPS) is 16.4. The summed E-state index contributed by atoms with van der Waals surface area (Å²) in [7, 11) is 0. The lowest BCUT2D eigenvalue weighted by Gasteiger charge is -2.18. The lowest BCUT2D eigenvalue weighted by molar-refractivity contribution is 0.582. The molecule has 1 aromatic carbocycles. The highest BCUT2D eigenvalue weighted by Gasteiger charge is 2.29. The predicted octanol–water partition coefficient (Wildman–Crippen LogP) is 4.50. The van der Waals surface area contributed by atoms with E-state index in [-0.39, 0.29) is 11.9 Å². The van der Waals surface area contributed by atoms with E-state index >= 15 is 0 Å². The van der Waals surface area contributed by atoms with Gasteiger partial charge in [0.05, 0.1) is 11.7 Å². The molecule has 1 aliphatic carbocycles. The van der Waals surface area contributed by atoms with Crippen LogP contribution in [0.2, 0.25) is 0 Å². The van der Waals surface area contributed by atoms with E-state index in [2.05, 4.69) is 33.2 Å². The van der Waals surface area contributed by atoms with Gasteiger partial charge in [-0.05, 0) is 50.5 Å². The van der Waals surface area contributed by atoms with E-state index in [9.17, 15) is 4.39 Å². The Hall–Kier alpha value is -0.780. The highest BCUT2D eigenvalue weighted by molar-refractivity contribution is 9.10. The summed E-state index contributed by atoms with van der Waals surface area (Å²) in [6.45, 7) is 4.09. The molecule has 20 heavy (non-hydrogen) atoms. The topological polar surface area (TPSA) is 24.9 Å². The van der Waals surface area contributed by atoms with Crippen molar-refractivity contribution >= 4 is 27.3 Å². The molecule has 0 amide bonds. The number of aryl methyl sites for hydroxylation is 2. The standard InChI is InChI=1S/C15H16BrFN2S/c1-8-9(2)20-15(18-8)14(19-11-4-5-11)12-7-10(17)3-6-13(12)16/h3,6-7,11,14,19H,4-5H2,1-2H3. The van der Waals surface area contributed by atoms with Crippen LogP contribution in [-0.4, -0.2) is 11.0 Å². The minimum absolute atomic E-state index is 0.0371. The maximum Gasteiger partial charge on any atom is 0.123 e. The number of thiazole rings is 1. The fraction of sp³-hybridized carbons (Fsp3) is 0.400. The van der Waals surface area contributed by atoms with Gasteiger partial charge in [-0.25, -0.2) is 9.37 Å². The summed E-state index contributed by atoms with van der Waals surface area (Å²) in [4.78, 5) is 5.87. The number of halogens is 2. The van der Waals surface area contributed by atoms with Crippen LogP contribution in [0.5, 0.6) is 0 Å². The van der Waals surface area contributed by atoms with Crippen LogP contribution in [0.4, 0.5) is 4.39 Å². The third-order valence-corrected chi connectivity index (χ3v) is 5.40. The Labute approximate surface area is 130 Å². The summed E-state index contributed by atoms with van der Waals surface area (Å²) >= 11 is 5.22. The van der Waals surface area contributed by atoms with Gasteiger partial charge >= 0.3 is 0 Å². The number of aromatic nitrogens is 1. The zero-order chi connectivity index (χ0) is 14.3. The lowest BCUT2D eigenvalue weighted by Crippen LogP contribution is -2.24. The summed E-state index contributed by atoms with van der Waals surface area (Å²) in [6, 6.07) is 5.32. The van der Waals surface area contributed by atoms with Crippen LogP contribution in [0.1, 0.15) is 40.0 Å². The van der Waals surface area contributed by atoms with Gasteiger partial charge in [-0.1, -0.05) is 15.9 Å². The maximum absolute atomic E-state index is 13.6. The summed E-state index contributed by atoms with van der Waals surface area (Å²) in [5.74, 6) is -0.212. The molecule has 0 aliphatic heterocycles. The van der Waals surface area contributed by atoms with Crippen LogP contribution in [0, 0.1) is 19.7 Å². The first-order chi connectivity index (χ1) is 9.54. The Morgan fingerprint density at radius 1 is 1.40 bits per heavy atom. The van der Waals surface area contributed by atoms with Gasteiger partial charge in [-0.2, -0.15) is 0 Å². The lowest BCUT2D eigenvalue weighted by atomic mass is 10.1. The van der Waals surface area contributed by atoms with Crippen LogP contribution in [0.25, 0.3) is 0 Å². The minimum Gasteiger partial charge on any atom is -0.301 e. The van der Waals surface area contributed by atoms with Gasteiger partial charge in [-0.15, -0.1) is 11.3 Å². The Morgan fingerprint density at radius 2 is 2.15 bits per heavy atom. The molecule has 0 radical (unpaired) electrons. The van der Waals surface area contributed by atoms with E-state index in [4.69, 9.17) is 0 Å². The van der Waals surface area contributed by atoms with E-state index in [0.29, 0.717) is 6.04 Å². The molecule has 0 spiro atoms. The fourth-order valence-corrected chi connectivity index (χ4v) is 3.61. The molecule has 1 saturated carbocycles. The van der Waals surface area contributed by atoms with Crippen molar-refractivity contribution in [1.82, 2.24) is 10.3 Å². The van der Waals surface area contributed by atoms with Gasteiger partial charge < -0.3 is 5.32 Å². The highest BCUT2D eigenvalue weighted by Crippen LogP contribution is 2.35. The average Bonchev–Trinajstić information content (AvgIpc) is 3.16. The summed E-state index contributed by atoms with van der Waals surface area (Å²) in [5, 5.41) is 4.60. The molecule has 2 nitrogen and oxygen atoms in total. The van der Waals surface area contributed by atoms with E-state index in [1.54, 1.807) is 23.5 Å². The van der Waals surface area contributed by atoms with Crippen molar-refractivity contribution < 1.29 is 4.39 Å². The van der Waals surface area contributed by atoms with Crippen molar-refractivity contribution in [2.75, 3.05) is 0 Å². The van der Waals surface area contributed by atoms with Crippen LogP contribution in [-0.2, 0) is 0 Å². The second-order valence-corrected chi connectivity index (χ2v) is 7.32. The molecule has 1 unspecified atom stereocenters. The maximum atomic E-state index is 13.6. The molecule has 3 rings (SSSR count). The third-order valence-electron chi connectivity index (χ3n) is 3.54. The van der Waals surface area contributed by atoms with Gasteiger partial charge in [-0.3, -0.25) is 0 Å². The summed E-state index contributed by atoms with van der Waals surface area (Å²) < 4.78 is 14.5. The van der Waals surface area contributed by atoms with Crippen molar-refractivity contribution in [2.24, 2.45) is 0 Å². The predicted molar refractivity (Wildman–Crippen MR) is 83.7 cm³/mol. The van der Waals surface area contributed by atoms with Gasteiger partial charge in [0, 0.05) is 15.4 Å². The molecule has 1 aromatic heterocycles. The number of nitrogens with one attached hydrogen (secondary N) is 1. The molecular weight excluding hydrogens is 339 g/mol. The van der Waals surface area contributed by atoms with Gasteiger partial charge in [0.15, 0.2) is 0 Å². The molecule has 0 saturated heterocycles. The number of nitrogens with zero attached hydrogens (tertiary/aromatic N) is 1. The molecule has 106 valence electrons. The molecule has 1 atom stereocenters. The van der Waals surface area contributed by atoms with Crippen molar-refractivity contribution in [1.29, 1.82) is 0 Å². The molecule has 1 fully saturated rings. The number of benzene rings is 1. The van der Waals surface area contributed by atoms with Crippen molar-refractivity contribution in [3.8, 4) is 0 Å². The average molecular weight is 355 g/mol.